The molecule has 3 heterocycles. The van der Waals surface area contributed by atoms with Crippen LogP contribution in [0.3, 0.4) is 0 Å². The van der Waals surface area contributed by atoms with E-state index in [1.807, 2.05) is 0 Å². The van der Waals surface area contributed by atoms with Crippen molar-refractivity contribution in [2.45, 2.75) is 42.2 Å². The predicted octanol–water partition coefficient (Wildman–Crippen LogP) is 2.00. The summed E-state index contributed by atoms with van der Waals surface area (Å²) in [5, 5.41) is 2.79. The molecule has 2 saturated heterocycles. The van der Waals surface area contributed by atoms with Crippen molar-refractivity contribution in [1.82, 2.24) is 14.6 Å². The number of esters is 1. The molecule has 1 unspecified atom stereocenters. The minimum atomic E-state index is -5.32. The lowest BCUT2D eigenvalue weighted by molar-refractivity contribution is -0.243. The normalized spacial score (nSPS) is 24.3. The van der Waals surface area contributed by atoms with Gasteiger partial charge in [0.2, 0.25) is 10.0 Å². The summed E-state index contributed by atoms with van der Waals surface area (Å²) in [7, 11) is -4.56. The van der Waals surface area contributed by atoms with Crippen molar-refractivity contribution in [1.29, 1.82) is 0 Å². The molecular weight excluding hydrogens is 444 g/mol. The third-order valence-corrected chi connectivity index (χ3v) is 7.29. The van der Waals surface area contributed by atoms with Gasteiger partial charge in [-0.1, -0.05) is 0 Å². The van der Waals surface area contributed by atoms with Gasteiger partial charge in [0, 0.05) is 25.8 Å². The molecule has 1 N–H and O–H groups in total. The maximum Gasteiger partial charge on any atom is 0.490 e. The van der Waals surface area contributed by atoms with Gasteiger partial charge in [0.1, 0.15) is 10.6 Å². The predicted molar refractivity (Wildman–Crippen MR) is 86.3 cm³/mol. The smallest absolute Gasteiger partial charge is 0.438 e. The van der Waals surface area contributed by atoms with E-state index in [1.165, 1.54) is 0 Å². The molecule has 1 aromatic heterocycles. The van der Waals surface area contributed by atoms with E-state index in [4.69, 9.17) is 0 Å². The van der Waals surface area contributed by atoms with Gasteiger partial charge >= 0.3 is 18.3 Å². The van der Waals surface area contributed by atoms with Gasteiger partial charge in [0.05, 0.1) is 5.41 Å². The molecule has 1 saturated carbocycles. The number of alkyl halides is 6. The number of rotatable bonds is 4. The highest BCUT2D eigenvalue weighted by Crippen LogP contribution is 2.49. The van der Waals surface area contributed by atoms with Crippen LogP contribution in [-0.2, 0) is 25.7 Å². The number of hydrogen-bond acceptors (Lipinski definition) is 6. The van der Waals surface area contributed by atoms with Crippen molar-refractivity contribution in [3.63, 3.8) is 0 Å². The fourth-order valence-corrected chi connectivity index (χ4v) is 5.54. The van der Waals surface area contributed by atoms with Crippen LogP contribution >= 0.6 is 0 Å². The van der Waals surface area contributed by atoms with Crippen molar-refractivity contribution in [3.8, 4) is 0 Å². The lowest BCUT2D eigenvalue weighted by atomic mass is 9.74. The Morgan fingerprint density at radius 1 is 1.20 bits per heavy atom. The number of aromatic nitrogens is 1. The van der Waals surface area contributed by atoms with E-state index in [1.54, 1.807) is 0 Å². The molecule has 0 amide bonds. The molecule has 1 spiro atoms. The first-order chi connectivity index (χ1) is 13.8. The SMILES string of the molecule is O=C(OC1N(S(=O)(=O)c2cnc(C(F)(F)F)cc2C2CC2)CC12CNC2)C(F)(F)F. The topological polar surface area (TPSA) is 88.6 Å². The highest BCUT2D eigenvalue weighted by atomic mass is 32.2. The number of carbonyl (C=O) groups excluding carboxylic acids is 1. The molecular formula is C16H15F6N3O4S. The molecule has 0 radical (unpaired) electrons. The fraction of sp³-hybridized carbons (Fsp3) is 0.625. The Morgan fingerprint density at radius 3 is 2.30 bits per heavy atom. The van der Waals surface area contributed by atoms with E-state index in [9.17, 15) is 39.6 Å². The summed E-state index contributed by atoms with van der Waals surface area (Å²) < 4.78 is 108. The van der Waals surface area contributed by atoms with Gasteiger partial charge < -0.3 is 10.1 Å². The van der Waals surface area contributed by atoms with Gasteiger partial charge in [0.15, 0.2) is 6.23 Å². The van der Waals surface area contributed by atoms with E-state index in [0.717, 1.165) is 0 Å². The Labute approximate surface area is 166 Å². The second kappa shape index (κ2) is 6.53. The molecule has 4 rings (SSSR count). The fourth-order valence-electron chi connectivity index (χ4n) is 3.63. The third-order valence-electron chi connectivity index (χ3n) is 5.45. The summed E-state index contributed by atoms with van der Waals surface area (Å²) in [4.78, 5) is 14.0. The maximum atomic E-state index is 13.1. The van der Waals surface area contributed by atoms with Crippen LogP contribution in [0.15, 0.2) is 17.2 Å². The van der Waals surface area contributed by atoms with Crippen LogP contribution in [0.5, 0.6) is 0 Å². The van der Waals surface area contributed by atoms with Gasteiger partial charge in [-0.2, -0.15) is 30.6 Å². The zero-order valence-corrected chi connectivity index (χ0v) is 15.9. The number of nitrogens with zero attached hydrogens (tertiary/aromatic N) is 2. The van der Waals surface area contributed by atoms with Crippen molar-refractivity contribution in [3.05, 3.63) is 23.5 Å². The van der Waals surface area contributed by atoms with Crippen LogP contribution in [0.1, 0.15) is 30.0 Å². The maximum absolute atomic E-state index is 13.1. The zero-order valence-electron chi connectivity index (χ0n) is 15.0. The van der Waals surface area contributed by atoms with Crippen LogP contribution in [0.2, 0.25) is 0 Å². The zero-order chi connectivity index (χ0) is 22.1. The third kappa shape index (κ3) is 3.43. The highest BCUT2D eigenvalue weighted by Gasteiger charge is 2.64. The van der Waals surface area contributed by atoms with E-state index in [-0.39, 0.29) is 25.2 Å². The van der Waals surface area contributed by atoms with E-state index < -0.39 is 56.5 Å². The molecule has 1 aromatic rings. The number of carbonyl (C=O) groups is 1. The first kappa shape index (κ1) is 21.3. The van der Waals surface area contributed by atoms with E-state index in [2.05, 4.69) is 15.0 Å². The largest absolute Gasteiger partial charge is 0.490 e. The van der Waals surface area contributed by atoms with Crippen LogP contribution in [0.4, 0.5) is 26.3 Å². The minimum absolute atomic E-state index is 0.0918. The first-order valence-corrected chi connectivity index (χ1v) is 10.3. The molecule has 0 aromatic carbocycles. The minimum Gasteiger partial charge on any atom is -0.438 e. The molecule has 3 fully saturated rings. The second-order valence-electron chi connectivity index (χ2n) is 7.65. The van der Waals surface area contributed by atoms with Gasteiger partial charge in [-0.05, 0) is 30.4 Å². The quantitative estimate of drug-likeness (QED) is 0.548. The molecule has 2 aliphatic heterocycles. The molecule has 14 heteroatoms. The second-order valence-corrected chi connectivity index (χ2v) is 9.51. The van der Waals surface area contributed by atoms with Crippen molar-refractivity contribution < 1.29 is 44.3 Å². The summed E-state index contributed by atoms with van der Waals surface area (Å²) in [6.45, 7) is 0.0361. The van der Waals surface area contributed by atoms with Gasteiger partial charge in [-0.25, -0.2) is 13.2 Å². The first-order valence-electron chi connectivity index (χ1n) is 8.83. The van der Waals surface area contributed by atoms with E-state index in [0.29, 0.717) is 29.4 Å². The van der Waals surface area contributed by atoms with Crippen LogP contribution in [0, 0.1) is 5.41 Å². The standard InChI is InChI=1S/C16H15F6N3O4S/c17-15(18,19)11-3-9(8-1-2-8)10(4-24-11)30(27,28)25-7-14(5-23-6-14)12(25)29-13(26)16(20,21)22/h3-4,8,12,23H,1-2,5-7H2. The molecule has 30 heavy (non-hydrogen) atoms. The Bertz CT molecular complexity index is 986. The number of ether oxygens (including phenoxy) is 1. The van der Waals surface area contributed by atoms with Gasteiger partial charge in [0.25, 0.3) is 0 Å². The number of pyridine rings is 1. The average Bonchev–Trinajstić information content (AvgIpc) is 3.39. The van der Waals surface area contributed by atoms with Gasteiger partial charge in [-0.15, -0.1) is 0 Å². The van der Waals surface area contributed by atoms with Crippen LogP contribution in [0.25, 0.3) is 0 Å². The van der Waals surface area contributed by atoms with Crippen molar-refractivity contribution in [2.24, 2.45) is 5.41 Å². The number of sulfonamides is 1. The highest BCUT2D eigenvalue weighted by molar-refractivity contribution is 7.89. The molecule has 3 aliphatic rings. The number of halogens is 6. The lowest BCUT2D eigenvalue weighted by Crippen LogP contribution is -2.78. The summed E-state index contributed by atoms with van der Waals surface area (Å²) in [5.74, 6) is -2.96. The van der Waals surface area contributed by atoms with Crippen molar-refractivity contribution in [2.75, 3.05) is 19.6 Å². The molecule has 166 valence electrons. The molecule has 1 aliphatic carbocycles. The summed E-state index contributed by atoms with van der Waals surface area (Å²) in [6, 6.07) is 0.655. The number of nitrogens with one attached hydrogen (secondary N) is 1. The van der Waals surface area contributed by atoms with Crippen LogP contribution < -0.4 is 5.32 Å². The Hall–Kier alpha value is -1.93. The molecule has 1 atom stereocenters. The molecule has 7 nitrogen and oxygen atoms in total. The monoisotopic (exact) mass is 459 g/mol. The molecule has 0 bridgehead atoms. The van der Waals surface area contributed by atoms with Crippen molar-refractivity contribution >= 4 is 16.0 Å². The number of hydrogen-bond donors (Lipinski definition) is 1. The average molecular weight is 459 g/mol. The summed E-state index contributed by atoms with van der Waals surface area (Å²) in [6.07, 6.45) is -10.3. The van der Waals surface area contributed by atoms with Crippen LogP contribution in [-0.4, -0.2) is 55.7 Å². The lowest BCUT2D eigenvalue weighted by Gasteiger charge is -2.59. The Morgan fingerprint density at radius 2 is 1.83 bits per heavy atom. The Balaban J connectivity index is 1.68. The van der Waals surface area contributed by atoms with Gasteiger partial charge in [-0.3, -0.25) is 4.98 Å². The summed E-state index contributed by atoms with van der Waals surface area (Å²) >= 11 is 0. The Kier molecular flexibility index (Phi) is 4.64. The summed E-state index contributed by atoms with van der Waals surface area (Å²) in [5.41, 5.74) is -2.36. The van der Waals surface area contributed by atoms with E-state index >= 15 is 0 Å².